The minimum absolute atomic E-state index is 0.00686. The highest BCUT2D eigenvalue weighted by Crippen LogP contribution is 2.29. The number of rotatable bonds is 2. The van der Waals surface area contributed by atoms with Crippen LogP contribution in [0.3, 0.4) is 0 Å². The number of hydrogen-bond acceptors (Lipinski definition) is 3. The van der Waals surface area contributed by atoms with Crippen LogP contribution in [0.25, 0.3) is 0 Å². The SMILES string of the molecule is O=C(C1CC(=O)N(c2ccc(Cl)c(F)c2)C1)N1CC(O)C1. The topological polar surface area (TPSA) is 60.9 Å². The number of amides is 2. The molecule has 2 fully saturated rings. The molecule has 3 rings (SSSR count). The smallest absolute Gasteiger partial charge is 0.228 e. The molecule has 7 heteroatoms. The molecule has 0 spiro atoms. The molecule has 2 heterocycles. The van der Waals surface area contributed by atoms with E-state index in [9.17, 15) is 19.1 Å². The molecule has 1 unspecified atom stereocenters. The Morgan fingerprint density at radius 1 is 1.33 bits per heavy atom. The fourth-order valence-electron chi connectivity index (χ4n) is 2.67. The van der Waals surface area contributed by atoms with Crippen LogP contribution in [-0.2, 0) is 9.59 Å². The van der Waals surface area contributed by atoms with Crippen molar-refractivity contribution in [1.82, 2.24) is 4.90 Å². The monoisotopic (exact) mass is 312 g/mol. The van der Waals surface area contributed by atoms with E-state index >= 15 is 0 Å². The molecule has 21 heavy (non-hydrogen) atoms. The zero-order chi connectivity index (χ0) is 15.1. The van der Waals surface area contributed by atoms with Crippen LogP contribution in [-0.4, -0.2) is 47.6 Å². The summed E-state index contributed by atoms with van der Waals surface area (Å²) in [6.07, 6.45) is -0.358. The predicted molar refractivity (Wildman–Crippen MR) is 74.5 cm³/mol. The summed E-state index contributed by atoms with van der Waals surface area (Å²) in [5.41, 5.74) is 0.404. The highest BCUT2D eigenvalue weighted by molar-refractivity contribution is 6.30. The summed E-state index contributed by atoms with van der Waals surface area (Å²) in [5.74, 6) is -1.38. The van der Waals surface area contributed by atoms with E-state index in [2.05, 4.69) is 0 Å². The maximum atomic E-state index is 13.5. The van der Waals surface area contributed by atoms with Gasteiger partial charge < -0.3 is 14.9 Å². The fraction of sp³-hybridized carbons (Fsp3) is 0.429. The summed E-state index contributed by atoms with van der Waals surface area (Å²) >= 11 is 5.62. The molecule has 0 bridgehead atoms. The van der Waals surface area contributed by atoms with E-state index in [0.29, 0.717) is 18.8 Å². The van der Waals surface area contributed by atoms with E-state index in [0.717, 1.165) is 0 Å². The zero-order valence-electron chi connectivity index (χ0n) is 11.1. The number of aliphatic hydroxyl groups is 1. The van der Waals surface area contributed by atoms with Crippen LogP contribution in [0.4, 0.5) is 10.1 Å². The molecule has 0 aromatic heterocycles. The average molecular weight is 313 g/mol. The Bertz CT molecular complexity index is 604. The number of halogens is 2. The minimum Gasteiger partial charge on any atom is -0.389 e. The van der Waals surface area contributed by atoms with Crippen LogP contribution in [0.15, 0.2) is 18.2 Å². The lowest BCUT2D eigenvalue weighted by Crippen LogP contribution is -2.55. The van der Waals surface area contributed by atoms with Crippen molar-refractivity contribution in [2.45, 2.75) is 12.5 Å². The number of carbonyl (C=O) groups excluding carboxylic acids is 2. The average Bonchev–Trinajstić information content (AvgIpc) is 2.80. The molecule has 1 N–H and O–H groups in total. The summed E-state index contributed by atoms with van der Waals surface area (Å²) in [6, 6.07) is 4.14. The molecule has 0 saturated carbocycles. The molecule has 1 aromatic rings. The summed E-state index contributed by atoms with van der Waals surface area (Å²) < 4.78 is 13.5. The van der Waals surface area contributed by atoms with Crippen molar-refractivity contribution in [1.29, 1.82) is 0 Å². The number of β-amino-alcohol motifs (C(OH)–C–C–N with tert-alkyl or cyclic N) is 1. The summed E-state index contributed by atoms with van der Waals surface area (Å²) in [6.45, 7) is 0.865. The van der Waals surface area contributed by atoms with Gasteiger partial charge in [0.05, 0.1) is 17.0 Å². The lowest BCUT2D eigenvalue weighted by Gasteiger charge is -2.37. The number of hydrogen-bond donors (Lipinski definition) is 1. The van der Waals surface area contributed by atoms with Gasteiger partial charge in [-0.25, -0.2) is 4.39 Å². The first-order chi connectivity index (χ1) is 9.95. The molecule has 112 valence electrons. The largest absolute Gasteiger partial charge is 0.389 e. The number of likely N-dealkylation sites (tertiary alicyclic amines) is 1. The standard InChI is InChI=1S/C14H14ClFN2O3/c15-11-2-1-9(4-12(11)16)18-5-8(3-13(18)20)14(21)17-6-10(19)7-17/h1-2,4,8,10,19H,3,5-7H2. The van der Waals surface area contributed by atoms with Gasteiger partial charge in [-0.2, -0.15) is 0 Å². The molecular formula is C14H14ClFN2O3. The van der Waals surface area contributed by atoms with Gasteiger partial charge in [-0.05, 0) is 18.2 Å². The van der Waals surface area contributed by atoms with Crippen LogP contribution in [0.2, 0.25) is 5.02 Å². The first-order valence-electron chi connectivity index (χ1n) is 6.68. The highest BCUT2D eigenvalue weighted by atomic mass is 35.5. The van der Waals surface area contributed by atoms with Gasteiger partial charge in [-0.15, -0.1) is 0 Å². The van der Waals surface area contributed by atoms with Gasteiger partial charge in [0, 0.05) is 31.7 Å². The summed E-state index contributed by atoms with van der Waals surface area (Å²) in [4.78, 5) is 27.1. The molecule has 1 aromatic carbocycles. The van der Waals surface area contributed by atoms with Crippen molar-refractivity contribution in [3.05, 3.63) is 29.0 Å². The van der Waals surface area contributed by atoms with Gasteiger partial charge in [-0.3, -0.25) is 9.59 Å². The van der Waals surface area contributed by atoms with Crippen LogP contribution in [0.1, 0.15) is 6.42 Å². The second-order valence-electron chi connectivity index (χ2n) is 5.40. The molecular weight excluding hydrogens is 299 g/mol. The zero-order valence-corrected chi connectivity index (χ0v) is 11.9. The Morgan fingerprint density at radius 3 is 2.67 bits per heavy atom. The molecule has 0 aliphatic carbocycles. The number of carbonyl (C=O) groups is 2. The second-order valence-corrected chi connectivity index (χ2v) is 5.81. The van der Waals surface area contributed by atoms with Crippen LogP contribution < -0.4 is 4.90 Å². The van der Waals surface area contributed by atoms with E-state index in [1.54, 1.807) is 6.07 Å². The lowest BCUT2D eigenvalue weighted by atomic mass is 10.0. The van der Waals surface area contributed by atoms with Crippen molar-refractivity contribution in [3.63, 3.8) is 0 Å². The molecule has 1 atom stereocenters. The quantitative estimate of drug-likeness (QED) is 0.887. The molecule has 2 saturated heterocycles. The maximum Gasteiger partial charge on any atom is 0.228 e. The van der Waals surface area contributed by atoms with E-state index in [4.69, 9.17) is 11.6 Å². The van der Waals surface area contributed by atoms with Crippen LogP contribution in [0, 0.1) is 11.7 Å². The first-order valence-corrected chi connectivity index (χ1v) is 7.06. The van der Waals surface area contributed by atoms with E-state index in [1.807, 2.05) is 0 Å². The van der Waals surface area contributed by atoms with Gasteiger partial charge in [0.2, 0.25) is 11.8 Å². The third-order valence-electron chi connectivity index (χ3n) is 3.86. The molecule has 0 radical (unpaired) electrons. The molecule has 5 nitrogen and oxygen atoms in total. The molecule has 2 amide bonds. The van der Waals surface area contributed by atoms with E-state index < -0.39 is 17.8 Å². The van der Waals surface area contributed by atoms with Crippen LogP contribution in [0.5, 0.6) is 0 Å². The Morgan fingerprint density at radius 2 is 2.05 bits per heavy atom. The molecule has 2 aliphatic rings. The summed E-state index contributed by atoms with van der Waals surface area (Å²) in [5, 5.41) is 9.22. The van der Waals surface area contributed by atoms with Crippen molar-refractivity contribution < 1.29 is 19.1 Å². The first kappa shape index (κ1) is 14.3. The number of anilines is 1. The second kappa shape index (κ2) is 5.27. The third kappa shape index (κ3) is 2.61. The number of nitrogens with zero attached hydrogens (tertiary/aromatic N) is 2. The lowest BCUT2D eigenvalue weighted by molar-refractivity contribution is -0.145. The number of benzene rings is 1. The Hall–Kier alpha value is -1.66. The Labute approximate surface area is 125 Å². The van der Waals surface area contributed by atoms with Crippen molar-refractivity contribution in [3.8, 4) is 0 Å². The number of aliphatic hydroxyl groups excluding tert-OH is 1. The highest BCUT2D eigenvalue weighted by Gasteiger charge is 2.40. The van der Waals surface area contributed by atoms with Gasteiger partial charge in [0.1, 0.15) is 5.82 Å². The Balaban J connectivity index is 1.72. The predicted octanol–water partition coefficient (Wildman–Crippen LogP) is 1.04. The third-order valence-corrected chi connectivity index (χ3v) is 4.17. The van der Waals surface area contributed by atoms with Crippen molar-refractivity contribution in [2.24, 2.45) is 5.92 Å². The van der Waals surface area contributed by atoms with E-state index in [1.165, 1.54) is 21.9 Å². The van der Waals surface area contributed by atoms with Gasteiger partial charge in [0.25, 0.3) is 0 Å². The Kier molecular flexibility index (Phi) is 3.59. The fourth-order valence-corrected chi connectivity index (χ4v) is 2.79. The van der Waals surface area contributed by atoms with Crippen molar-refractivity contribution >= 4 is 29.1 Å². The van der Waals surface area contributed by atoms with Gasteiger partial charge in [0.15, 0.2) is 0 Å². The maximum absolute atomic E-state index is 13.5. The van der Waals surface area contributed by atoms with E-state index in [-0.39, 0.29) is 29.8 Å². The van der Waals surface area contributed by atoms with Gasteiger partial charge >= 0.3 is 0 Å². The normalized spacial score (nSPS) is 22.6. The summed E-state index contributed by atoms with van der Waals surface area (Å²) in [7, 11) is 0. The van der Waals surface area contributed by atoms with Gasteiger partial charge in [-0.1, -0.05) is 11.6 Å². The van der Waals surface area contributed by atoms with Crippen molar-refractivity contribution in [2.75, 3.05) is 24.5 Å². The van der Waals surface area contributed by atoms with Crippen LogP contribution >= 0.6 is 11.6 Å². The minimum atomic E-state index is -0.595. The molecule has 2 aliphatic heterocycles.